The molecule has 1 aliphatic heterocycles. The van der Waals surface area contributed by atoms with E-state index < -0.39 is 0 Å². The zero-order chi connectivity index (χ0) is 16.9. The Hall–Kier alpha value is -2.07. The molecule has 1 fully saturated rings. The number of aromatic nitrogens is 1. The van der Waals surface area contributed by atoms with Gasteiger partial charge in [0, 0.05) is 36.5 Å². The Kier molecular flexibility index (Phi) is 5.36. The van der Waals surface area contributed by atoms with Gasteiger partial charge < -0.3 is 10.2 Å². The molecule has 1 saturated heterocycles. The minimum absolute atomic E-state index is 0.179. The van der Waals surface area contributed by atoms with E-state index >= 15 is 0 Å². The summed E-state index contributed by atoms with van der Waals surface area (Å²) in [6.45, 7) is 4.75. The van der Waals surface area contributed by atoms with Crippen molar-refractivity contribution in [3.05, 3.63) is 58.9 Å². The van der Waals surface area contributed by atoms with Crippen LogP contribution in [0.1, 0.15) is 35.8 Å². The van der Waals surface area contributed by atoms with Gasteiger partial charge in [0.1, 0.15) is 5.69 Å². The second kappa shape index (κ2) is 7.67. The molecule has 1 aromatic carbocycles. The monoisotopic (exact) mass is 343 g/mol. The van der Waals surface area contributed by atoms with Crippen molar-refractivity contribution >= 4 is 23.2 Å². The fourth-order valence-electron chi connectivity index (χ4n) is 2.91. The van der Waals surface area contributed by atoms with Crippen LogP contribution in [0.15, 0.2) is 42.6 Å². The van der Waals surface area contributed by atoms with Gasteiger partial charge in [-0.15, -0.1) is 0 Å². The molecule has 0 aliphatic carbocycles. The number of carbonyl (C=O) groups excluding carboxylic acids is 1. The maximum absolute atomic E-state index is 12.4. The van der Waals surface area contributed by atoms with Crippen LogP contribution >= 0.6 is 11.6 Å². The van der Waals surface area contributed by atoms with Crippen LogP contribution < -0.4 is 10.2 Å². The van der Waals surface area contributed by atoms with Crippen molar-refractivity contribution in [2.24, 2.45) is 5.92 Å². The number of rotatable bonds is 4. The molecule has 0 atom stereocenters. The van der Waals surface area contributed by atoms with Gasteiger partial charge in [0.05, 0.1) is 0 Å². The zero-order valence-corrected chi connectivity index (χ0v) is 14.6. The van der Waals surface area contributed by atoms with Crippen LogP contribution in [0.3, 0.4) is 0 Å². The van der Waals surface area contributed by atoms with Crippen molar-refractivity contribution in [3.63, 3.8) is 0 Å². The van der Waals surface area contributed by atoms with Gasteiger partial charge >= 0.3 is 0 Å². The number of anilines is 1. The second-order valence-electron chi connectivity index (χ2n) is 6.34. The molecule has 5 heteroatoms. The highest BCUT2D eigenvalue weighted by Gasteiger charge is 2.17. The Morgan fingerprint density at radius 3 is 2.79 bits per heavy atom. The van der Waals surface area contributed by atoms with Crippen LogP contribution in [-0.4, -0.2) is 24.0 Å². The van der Waals surface area contributed by atoms with E-state index in [0.29, 0.717) is 17.3 Å². The molecule has 0 bridgehead atoms. The van der Waals surface area contributed by atoms with Gasteiger partial charge in [-0.25, -0.2) is 0 Å². The summed E-state index contributed by atoms with van der Waals surface area (Å²) >= 11 is 6.12. The number of carbonyl (C=O) groups is 1. The SMILES string of the molecule is CC1CCN(c2ccnc(C(=O)NCc3ccccc3Cl)c2)CC1. The van der Waals surface area contributed by atoms with E-state index in [2.05, 4.69) is 22.1 Å². The van der Waals surface area contributed by atoms with Crippen LogP contribution in [0.4, 0.5) is 5.69 Å². The number of piperidine rings is 1. The largest absolute Gasteiger partial charge is 0.371 e. The summed E-state index contributed by atoms with van der Waals surface area (Å²) in [6, 6.07) is 11.3. The van der Waals surface area contributed by atoms with Gasteiger partial charge in [-0.05, 0) is 42.5 Å². The predicted octanol–water partition coefficient (Wildman–Crippen LogP) is 3.90. The quantitative estimate of drug-likeness (QED) is 0.915. The summed E-state index contributed by atoms with van der Waals surface area (Å²) in [6.07, 6.45) is 4.09. The summed E-state index contributed by atoms with van der Waals surface area (Å²) < 4.78 is 0. The fourth-order valence-corrected chi connectivity index (χ4v) is 3.12. The highest BCUT2D eigenvalue weighted by Crippen LogP contribution is 2.23. The van der Waals surface area contributed by atoms with Gasteiger partial charge in [0.15, 0.2) is 0 Å². The molecule has 0 saturated carbocycles. The lowest BCUT2D eigenvalue weighted by atomic mass is 9.99. The maximum Gasteiger partial charge on any atom is 0.270 e. The van der Waals surface area contributed by atoms with Gasteiger partial charge in [0.25, 0.3) is 5.91 Å². The molecular weight excluding hydrogens is 322 g/mol. The van der Waals surface area contributed by atoms with Crippen LogP contribution in [0, 0.1) is 5.92 Å². The maximum atomic E-state index is 12.4. The number of pyridine rings is 1. The first-order valence-electron chi connectivity index (χ1n) is 8.36. The highest BCUT2D eigenvalue weighted by atomic mass is 35.5. The molecule has 24 heavy (non-hydrogen) atoms. The molecule has 0 radical (unpaired) electrons. The standard InChI is InChI=1S/C19H22ClN3O/c1-14-7-10-23(11-8-14)16-6-9-21-18(12-16)19(24)22-13-15-4-2-3-5-17(15)20/h2-6,9,12,14H,7-8,10-11,13H2,1H3,(H,22,24). The molecule has 1 amide bonds. The van der Waals surface area contributed by atoms with Crippen LogP contribution in [-0.2, 0) is 6.54 Å². The van der Waals surface area contributed by atoms with E-state index in [9.17, 15) is 4.79 Å². The molecule has 3 rings (SSSR count). The summed E-state index contributed by atoms with van der Waals surface area (Å²) in [4.78, 5) is 18.9. The number of amides is 1. The van der Waals surface area contributed by atoms with Crippen molar-refractivity contribution in [3.8, 4) is 0 Å². The lowest BCUT2D eigenvalue weighted by Crippen LogP contribution is -2.33. The molecule has 4 nitrogen and oxygen atoms in total. The van der Waals surface area contributed by atoms with Crippen molar-refractivity contribution < 1.29 is 4.79 Å². The number of hydrogen-bond donors (Lipinski definition) is 1. The molecule has 2 heterocycles. The van der Waals surface area contributed by atoms with E-state index in [4.69, 9.17) is 11.6 Å². The molecule has 126 valence electrons. The van der Waals surface area contributed by atoms with Gasteiger partial charge in [-0.1, -0.05) is 36.7 Å². The topological polar surface area (TPSA) is 45.2 Å². The first-order valence-corrected chi connectivity index (χ1v) is 8.74. The van der Waals surface area contributed by atoms with Gasteiger partial charge in [-0.2, -0.15) is 0 Å². The number of nitrogens with one attached hydrogen (secondary N) is 1. The van der Waals surface area contributed by atoms with E-state index in [1.807, 2.05) is 36.4 Å². The molecular formula is C19H22ClN3O. The average Bonchev–Trinajstić information content (AvgIpc) is 2.61. The normalized spacial score (nSPS) is 15.3. The van der Waals surface area contributed by atoms with Crippen molar-refractivity contribution in [2.75, 3.05) is 18.0 Å². The molecule has 0 spiro atoms. The Bertz CT molecular complexity index is 711. The molecule has 1 N–H and O–H groups in total. The Morgan fingerprint density at radius 2 is 2.04 bits per heavy atom. The molecule has 1 aliphatic rings. The van der Waals surface area contributed by atoms with E-state index in [-0.39, 0.29) is 5.91 Å². The van der Waals surface area contributed by atoms with Crippen LogP contribution in [0.25, 0.3) is 0 Å². The number of benzene rings is 1. The minimum Gasteiger partial charge on any atom is -0.371 e. The van der Waals surface area contributed by atoms with Crippen molar-refractivity contribution in [1.29, 1.82) is 0 Å². The smallest absolute Gasteiger partial charge is 0.270 e. The number of hydrogen-bond acceptors (Lipinski definition) is 3. The minimum atomic E-state index is -0.179. The number of halogens is 1. The van der Waals surface area contributed by atoms with E-state index in [1.165, 1.54) is 12.8 Å². The predicted molar refractivity (Wildman–Crippen MR) is 97.5 cm³/mol. The third kappa shape index (κ3) is 4.06. The zero-order valence-electron chi connectivity index (χ0n) is 13.8. The first kappa shape index (κ1) is 16.8. The summed E-state index contributed by atoms with van der Waals surface area (Å²) in [7, 11) is 0. The highest BCUT2D eigenvalue weighted by molar-refractivity contribution is 6.31. The van der Waals surface area contributed by atoms with Gasteiger partial charge in [0.2, 0.25) is 0 Å². The van der Waals surface area contributed by atoms with Gasteiger partial charge in [-0.3, -0.25) is 9.78 Å². The van der Waals surface area contributed by atoms with Crippen LogP contribution in [0.2, 0.25) is 5.02 Å². The third-order valence-electron chi connectivity index (χ3n) is 4.52. The first-order chi connectivity index (χ1) is 11.6. The Labute approximate surface area is 147 Å². The summed E-state index contributed by atoms with van der Waals surface area (Å²) in [5.41, 5.74) is 2.41. The summed E-state index contributed by atoms with van der Waals surface area (Å²) in [5.74, 6) is 0.601. The van der Waals surface area contributed by atoms with Crippen molar-refractivity contribution in [2.45, 2.75) is 26.3 Å². The molecule has 0 unspecified atom stereocenters. The Morgan fingerprint density at radius 1 is 1.29 bits per heavy atom. The lowest BCUT2D eigenvalue weighted by molar-refractivity contribution is 0.0946. The molecule has 2 aromatic rings. The third-order valence-corrected chi connectivity index (χ3v) is 4.89. The fraction of sp³-hybridized carbons (Fsp3) is 0.368. The average molecular weight is 344 g/mol. The van der Waals surface area contributed by atoms with Crippen LogP contribution in [0.5, 0.6) is 0 Å². The summed E-state index contributed by atoms with van der Waals surface area (Å²) in [5, 5.41) is 3.54. The number of nitrogens with zero attached hydrogens (tertiary/aromatic N) is 2. The van der Waals surface area contributed by atoms with Crippen molar-refractivity contribution in [1.82, 2.24) is 10.3 Å². The molecule has 1 aromatic heterocycles. The van der Waals surface area contributed by atoms with E-state index in [0.717, 1.165) is 30.3 Å². The second-order valence-corrected chi connectivity index (χ2v) is 6.75. The van der Waals surface area contributed by atoms with E-state index in [1.54, 1.807) is 6.20 Å². The lowest BCUT2D eigenvalue weighted by Gasteiger charge is -2.32. The Balaban J connectivity index is 1.65.